The van der Waals surface area contributed by atoms with Crippen LogP contribution in [0.25, 0.3) is 5.52 Å². The summed E-state index contributed by atoms with van der Waals surface area (Å²) in [7, 11) is 0. The number of ether oxygens (including phenoxy) is 2. The Morgan fingerprint density at radius 1 is 1.33 bits per heavy atom. The molecule has 4 rings (SSSR count). The largest absolute Gasteiger partial charge is 0.463 e. The zero-order chi connectivity index (χ0) is 21.5. The highest BCUT2D eigenvalue weighted by Crippen LogP contribution is 2.40. The molecule has 4 atom stereocenters. The Morgan fingerprint density at radius 2 is 2.07 bits per heavy atom. The van der Waals surface area contributed by atoms with Crippen LogP contribution >= 0.6 is 0 Å². The van der Waals surface area contributed by atoms with E-state index in [-0.39, 0.29) is 12.6 Å². The second-order valence-electron chi connectivity index (χ2n) is 8.87. The molecule has 1 saturated carbocycles. The van der Waals surface area contributed by atoms with Crippen molar-refractivity contribution in [2.24, 2.45) is 11.8 Å². The van der Waals surface area contributed by atoms with Gasteiger partial charge in [0.05, 0.1) is 5.69 Å². The minimum absolute atomic E-state index is 0.115. The summed E-state index contributed by atoms with van der Waals surface area (Å²) in [5.41, 5.74) is 5.75. The van der Waals surface area contributed by atoms with Crippen molar-refractivity contribution in [1.82, 2.24) is 14.6 Å². The fourth-order valence-corrected chi connectivity index (χ4v) is 4.66. The van der Waals surface area contributed by atoms with Gasteiger partial charge in [0, 0.05) is 6.42 Å². The summed E-state index contributed by atoms with van der Waals surface area (Å²) in [6, 6.07) is 3.46. The highest BCUT2D eigenvalue weighted by Gasteiger charge is 2.54. The lowest BCUT2D eigenvalue weighted by molar-refractivity contribution is -0.153. The molecule has 0 amide bonds. The van der Waals surface area contributed by atoms with E-state index in [1.54, 1.807) is 19.1 Å². The zero-order valence-corrected chi connectivity index (χ0v) is 17.4. The Bertz CT molecular complexity index is 910. The summed E-state index contributed by atoms with van der Waals surface area (Å²) < 4.78 is 13.0. The molecule has 164 valence electrons. The number of carbonyl (C=O) groups excluding carboxylic acids is 1. The van der Waals surface area contributed by atoms with Crippen molar-refractivity contribution in [3.05, 3.63) is 24.2 Å². The van der Waals surface area contributed by atoms with Gasteiger partial charge < -0.3 is 25.4 Å². The fraction of sp³-hybridized carbons (Fsp3) is 0.667. The second kappa shape index (κ2) is 8.13. The molecule has 0 aromatic carbocycles. The number of nitrogens with two attached hydrogens (primary N) is 1. The Morgan fingerprint density at radius 3 is 2.80 bits per heavy atom. The maximum Gasteiger partial charge on any atom is 0.306 e. The third-order valence-corrected chi connectivity index (χ3v) is 6.65. The Labute approximate surface area is 175 Å². The number of nitrogens with zero attached hydrogens (tertiary/aromatic N) is 3. The first-order valence-electron chi connectivity index (χ1n) is 10.6. The molecule has 2 aliphatic rings. The van der Waals surface area contributed by atoms with Crippen molar-refractivity contribution in [2.45, 2.75) is 69.9 Å². The smallest absolute Gasteiger partial charge is 0.306 e. The van der Waals surface area contributed by atoms with E-state index in [1.807, 2.05) is 0 Å². The van der Waals surface area contributed by atoms with Crippen LogP contribution in [0.1, 0.15) is 51.6 Å². The molecule has 2 aromatic rings. The summed E-state index contributed by atoms with van der Waals surface area (Å²) >= 11 is 0. The van der Waals surface area contributed by atoms with Crippen LogP contribution in [-0.2, 0) is 19.9 Å². The predicted octanol–water partition coefficient (Wildman–Crippen LogP) is 1.41. The first-order valence-corrected chi connectivity index (χ1v) is 10.6. The minimum atomic E-state index is -1.25. The first kappa shape index (κ1) is 21.0. The third-order valence-electron chi connectivity index (χ3n) is 6.65. The number of fused-ring (bicyclic) bond motifs is 1. The summed E-state index contributed by atoms with van der Waals surface area (Å²) in [6.07, 6.45) is 2.80. The number of nitrogen functional groups attached to an aromatic ring is 1. The topological polar surface area (TPSA) is 132 Å². The Balaban J connectivity index is 1.41. The highest BCUT2D eigenvalue weighted by atomic mass is 16.6. The van der Waals surface area contributed by atoms with E-state index in [9.17, 15) is 15.0 Å². The lowest BCUT2D eigenvalue weighted by atomic mass is 9.81. The quantitative estimate of drug-likeness (QED) is 0.621. The van der Waals surface area contributed by atoms with Crippen LogP contribution in [0.3, 0.4) is 0 Å². The zero-order valence-electron chi connectivity index (χ0n) is 17.4. The predicted molar refractivity (Wildman–Crippen MR) is 108 cm³/mol. The molecule has 2 fully saturated rings. The molecular weight excluding hydrogens is 388 g/mol. The number of aromatic nitrogens is 3. The standard InChI is InChI=1S/C21H30N4O5/c1-12-3-5-13(6-4-12)9-17(26)29-10-15-18(27)19(28)21(2,30-15)16-8-7-14-20(22)23-11-24-25(14)16/h7-8,11-13,15,18-19,27-28H,3-6,9-10H2,1-2H3,(H2,22,23,24)/t12-,13-,15-,18-,19-,21+/m1/s1. The van der Waals surface area contributed by atoms with E-state index < -0.39 is 23.9 Å². The maximum absolute atomic E-state index is 12.3. The minimum Gasteiger partial charge on any atom is -0.463 e. The van der Waals surface area contributed by atoms with Crippen LogP contribution < -0.4 is 5.73 Å². The van der Waals surface area contributed by atoms with Crippen LogP contribution in [0.15, 0.2) is 18.5 Å². The van der Waals surface area contributed by atoms with Gasteiger partial charge in [-0.3, -0.25) is 4.79 Å². The molecule has 4 N–H and O–H groups in total. The number of aliphatic hydroxyl groups excluding tert-OH is 2. The summed E-state index contributed by atoms with van der Waals surface area (Å²) in [5, 5.41) is 25.5. The van der Waals surface area contributed by atoms with Gasteiger partial charge in [0.15, 0.2) is 5.82 Å². The van der Waals surface area contributed by atoms with E-state index in [0.717, 1.165) is 31.6 Å². The number of hydrogen-bond donors (Lipinski definition) is 3. The van der Waals surface area contributed by atoms with E-state index in [4.69, 9.17) is 15.2 Å². The summed E-state index contributed by atoms with van der Waals surface area (Å²) in [5.74, 6) is 1.10. The van der Waals surface area contributed by atoms with Gasteiger partial charge in [0.25, 0.3) is 0 Å². The van der Waals surface area contributed by atoms with Crippen LogP contribution in [0.5, 0.6) is 0 Å². The lowest BCUT2D eigenvalue weighted by Crippen LogP contribution is -2.39. The van der Waals surface area contributed by atoms with Crippen molar-refractivity contribution in [1.29, 1.82) is 0 Å². The average Bonchev–Trinajstić information content (AvgIpc) is 3.25. The normalized spacial score (nSPS) is 34.3. The number of aliphatic hydroxyl groups is 2. The summed E-state index contributed by atoms with van der Waals surface area (Å²) in [6.45, 7) is 3.80. The third kappa shape index (κ3) is 3.77. The Kier molecular flexibility index (Phi) is 5.69. The van der Waals surface area contributed by atoms with Crippen molar-refractivity contribution >= 4 is 17.3 Å². The number of esters is 1. The molecule has 0 spiro atoms. The molecule has 0 unspecified atom stereocenters. The van der Waals surface area contributed by atoms with E-state index >= 15 is 0 Å². The molecule has 9 heteroatoms. The van der Waals surface area contributed by atoms with Crippen molar-refractivity contribution in [3.63, 3.8) is 0 Å². The molecule has 1 saturated heterocycles. The molecule has 1 aliphatic heterocycles. The number of carbonyl (C=O) groups is 1. The van der Waals surface area contributed by atoms with E-state index in [1.165, 1.54) is 10.8 Å². The molecule has 30 heavy (non-hydrogen) atoms. The van der Waals surface area contributed by atoms with Crippen molar-refractivity contribution in [3.8, 4) is 0 Å². The van der Waals surface area contributed by atoms with Gasteiger partial charge in [-0.25, -0.2) is 9.50 Å². The summed E-state index contributed by atoms with van der Waals surface area (Å²) in [4.78, 5) is 16.2. The molecule has 2 aromatic heterocycles. The van der Waals surface area contributed by atoms with Crippen LogP contribution in [0, 0.1) is 11.8 Å². The second-order valence-corrected chi connectivity index (χ2v) is 8.87. The molecule has 0 bridgehead atoms. The lowest BCUT2D eigenvalue weighted by Gasteiger charge is -2.27. The van der Waals surface area contributed by atoms with Gasteiger partial charge in [0.2, 0.25) is 0 Å². The van der Waals surface area contributed by atoms with Gasteiger partial charge in [-0.15, -0.1) is 0 Å². The van der Waals surface area contributed by atoms with Gasteiger partial charge >= 0.3 is 5.97 Å². The van der Waals surface area contributed by atoms with Crippen molar-refractivity contribution < 1.29 is 24.5 Å². The first-order chi connectivity index (χ1) is 14.3. The average molecular weight is 418 g/mol. The van der Waals surface area contributed by atoms with E-state index in [0.29, 0.717) is 29.4 Å². The van der Waals surface area contributed by atoms with Crippen LogP contribution in [-0.4, -0.2) is 55.7 Å². The maximum atomic E-state index is 12.3. The fourth-order valence-electron chi connectivity index (χ4n) is 4.66. The monoisotopic (exact) mass is 418 g/mol. The SMILES string of the molecule is C[C@@]1(c2ccc3c(N)ncnn23)O[C@H](COC(=O)C[C@H]2CC[C@H](C)CC2)[C@@H](O)[C@H]1O. The highest BCUT2D eigenvalue weighted by molar-refractivity contribution is 5.69. The van der Waals surface area contributed by atoms with Crippen molar-refractivity contribution in [2.75, 3.05) is 12.3 Å². The molecule has 0 radical (unpaired) electrons. The molecule has 1 aliphatic carbocycles. The van der Waals surface area contributed by atoms with Crippen LogP contribution in [0.4, 0.5) is 5.82 Å². The molecule has 3 heterocycles. The van der Waals surface area contributed by atoms with Gasteiger partial charge in [-0.2, -0.15) is 5.10 Å². The number of hydrogen-bond acceptors (Lipinski definition) is 8. The van der Waals surface area contributed by atoms with Crippen LogP contribution in [0.2, 0.25) is 0 Å². The number of rotatable bonds is 5. The molecule has 9 nitrogen and oxygen atoms in total. The number of anilines is 1. The van der Waals surface area contributed by atoms with E-state index in [2.05, 4.69) is 17.0 Å². The molecular formula is C21H30N4O5. The van der Waals surface area contributed by atoms with Gasteiger partial charge in [0.1, 0.15) is 42.4 Å². The Hall–Kier alpha value is -2.23. The van der Waals surface area contributed by atoms with Gasteiger partial charge in [-0.1, -0.05) is 19.8 Å². The van der Waals surface area contributed by atoms with Gasteiger partial charge in [-0.05, 0) is 43.7 Å².